The average molecular weight is 220 g/mol. The van der Waals surface area contributed by atoms with Crippen LogP contribution >= 0.6 is 0 Å². The lowest BCUT2D eigenvalue weighted by molar-refractivity contribution is -0.137. The van der Waals surface area contributed by atoms with Crippen LogP contribution in [0.2, 0.25) is 0 Å². The van der Waals surface area contributed by atoms with Crippen LogP contribution in [-0.2, 0) is 11.2 Å². The molecule has 1 N–H and O–H groups in total. The van der Waals surface area contributed by atoms with Crippen LogP contribution in [-0.4, -0.2) is 18.2 Å². The Morgan fingerprint density at radius 1 is 1.50 bits per heavy atom. The van der Waals surface area contributed by atoms with E-state index in [1.165, 1.54) is 0 Å². The standard InChI is InChI=1S/C12H12O4/c1-15-10-4-2-3-8-7-9(16-12(8)10)5-6-11(13)14/h2-4,7H,5-6H2,1H3,(H,13,14). The fourth-order valence-electron chi connectivity index (χ4n) is 1.60. The minimum atomic E-state index is -0.826. The molecule has 0 aliphatic carbocycles. The Kier molecular flexibility index (Phi) is 2.81. The van der Waals surface area contributed by atoms with Gasteiger partial charge in [0.2, 0.25) is 0 Å². The SMILES string of the molecule is COc1cccc2cc(CCC(=O)O)oc12. The van der Waals surface area contributed by atoms with E-state index in [0.29, 0.717) is 23.5 Å². The van der Waals surface area contributed by atoms with Crippen molar-refractivity contribution < 1.29 is 19.1 Å². The van der Waals surface area contributed by atoms with Gasteiger partial charge in [-0.3, -0.25) is 4.79 Å². The molecule has 16 heavy (non-hydrogen) atoms. The van der Waals surface area contributed by atoms with E-state index >= 15 is 0 Å². The number of hydrogen-bond donors (Lipinski definition) is 1. The van der Waals surface area contributed by atoms with Gasteiger partial charge in [0.1, 0.15) is 5.76 Å². The first-order valence-electron chi connectivity index (χ1n) is 4.98. The summed E-state index contributed by atoms with van der Waals surface area (Å²) in [7, 11) is 1.58. The van der Waals surface area contributed by atoms with Crippen molar-refractivity contribution >= 4 is 16.9 Å². The fraction of sp³-hybridized carbons (Fsp3) is 0.250. The lowest BCUT2D eigenvalue weighted by atomic mass is 10.2. The van der Waals surface area contributed by atoms with Crippen molar-refractivity contribution in [3.63, 3.8) is 0 Å². The number of aryl methyl sites for hydroxylation is 1. The van der Waals surface area contributed by atoms with E-state index in [1.807, 2.05) is 24.3 Å². The number of fused-ring (bicyclic) bond motifs is 1. The molecule has 0 bridgehead atoms. The summed E-state index contributed by atoms with van der Waals surface area (Å²) >= 11 is 0. The zero-order valence-electron chi connectivity index (χ0n) is 8.90. The van der Waals surface area contributed by atoms with Gasteiger partial charge < -0.3 is 14.3 Å². The van der Waals surface area contributed by atoms with Crippen molar-refractivity contribution in [2.45, 2.75) is 12.8 Å². The predicted molar refractivity (Wildman–Crippen MR) is 58.7 cm³/mol. The number of hydrogen-bond acceptors (Lipinski definition) is 3. The molecular weight excluding hydrogens is 208 g/mol. The maximum absolute atomic E-state index is 10.4. The molecule has 0 unspecified atom stereocenters. The van der Waals surface area contributed by atoms with Crippen molar-refractivity contribution in [3.05, 3.63) is 30.0 Å². The molecule has 2 aromatic rings. The zero-order valence-corrected chi connectivity index (χ0v) is 8.90. The summed E-state index contributed by atoms with van der Waals surface area (Å²) in [6, 6.07) is 7.44. The molecule has 2 rings (SSSR count). The number of methoxy groups -OCH3 is 1. The first-order chi connectivity index (χ1) is 7.70. The second kappa shape index (κ2) is 4.26. The maximum Gasteiger partial charge on any atom is 0.303 e. The molecule has 0 saturated carbocycles. The van der Waals surface area contributed by atoms with Gasteiger partial charge in [-0.05, 0) is 12.1 Å². The van der Waals surface area contributed by atoms with Gasteiger partial charge in [0.05, 0.1) is 13.5 Å². The van der Waals surface area contributed by atoms with Gasteiger partial charge in [-0.25, -0.2) is 0 Å². The predicted octanol–water partition coefficient (Wildman–Crippen LogP) is 2.46. The molecule has 1 aromatic carbocycles. The Morgan fingerprint density at radius 3 is 3.00 bits per heavy atom. The first kappa shape index (κ1) is 10.5. The number of para-hydroxylation sites is 1. The number of benzene rings is 1. The Bertz CT molecular complexity index is 513. The number of furan rings is 1. The van der Waals surface area contributed by atoms with Crippen LogP contribution in [0.25, 0.3) is 11.0 Å². The second-order valence-corrected chi connectivity index (χ2v) is 3.49. The lowest BCUT2D eigenvalue weighted by Gasteiger charge is -1.98. The Morgan fingerprint density at radius 2 is 2.31 bits per heavy atom. The number of carboxylic acid groups (broad SMARTS) is 1. The van der Waals surface area contributed by atoms with Gasteiger partial charge in [0.25, 0.3) is 0 Å². The molecule has 4 nitrogen and oxygen atoms in total. The van der Waals surface area contributed by atoms with E-state index in [-0.39, 0.29) is 6.42 Å². The topological polar surface area (TPSA) is 59.7 Å². The van der Waals surface area contributed by atoms with Crippen LogP contribution in [0.4, 0.5) is 0 Å². The fourth-order valence-corrected chi connectivity index (χ4v) is 1.60. The zero-order chi connectivity index (χ0) is 11.5. The van der Waals surface area contributed by atoms with Gasteiger partial charge >= 0.3 is 5.97 Å². The monoisotopic (exact) mass is 220 g/mol. The van der Waals surface area contributed by atoms with Crippen LogP contribution in [0, 0.1) is 0 Å². The lowest BCUT2D eigenvalue weighted by Crippen LogP contribution is -1.95. The average Bonchev–Trinajstić information content (AvgIpc) is 2.68. The number of rotatable bonds is 4. The quantitative estimate of drug-likeness (QED) is 0.859. The Labute approximate surface area is 92.4 Å². The summed E-state index contributed by atoms with van der Waals surface area (Å²) < 4.78 is 10.7. The van der Waals surface area contributed by atoms with Crippen LogP contribution in [0.5, 0.6) is 5.75 Å². The van der Waals surface area contributed by atoms with Crippen molar-refractivity contribution in [1.82, 2.24) is 0 Å². The molecule has 0 saturated heterocycles. The minimum Gasteiger partial charge on any atom is -0.493 e. The molecule has 1 heterocycles. The normalized spacial score (nSPS) is 10.6. The summed E-state index contributed by atoms with van der Waals surface area (Å²) in [6.07, 6.45) is 0.468. The molecule has 0 radical (unpaired) electrons. The Hall–Kier alpha value is -1.97. The summed E-state index contributed by atoms with van der Waals surface area (Å²) in [4.78, 5) is 10.4. The van der Waals surface area contributed by atoms with Crippen LogP contribution in [0.15, 0.2) is 28.7 Å². The number of carbonyl (C=O) groups is 1. The Balaban J connectivity index is 2.32. The molecule has 4 heteroatoms. The van der Waals surface area contributed by atoms with Crippen molar-refractivity contribution in [1.29, 1.82) is 0 Å². The molecule has 0 spiro atoms. The minimum absolute atomic E-state index is 0.0716. The molecule has 0 aliphatic heterocycles. The highest BCUT2D eigenvalue weighted by atomic mass is 16.5. The summed E-state index contributed by atoms with van der Waals surface area (Å²) in [5, 5.41) is 9.51. The molecule has 1 aromatic heterocycles. The van der Waals surface area contributed by atoms with Gasteiger partial charge in [0.15, 0.2) is 11.3 Å². The number of ether oxygens (including phenoxy) is 1. The van der Waals surface area contributed by atoms with E-state index in [9.17, 15) is 4.79 Å². The summed E-state index contributed by atoms with van der Waals surface area (Å²) in [5.74, 6) is 0.508. The van der Waals surface area contributed by atoms with Gasteiger partial charge in [-0.15, -0.1) is 0 Å². The van der Waals surface area contributed by atoms with Crippen molar-refractivity contribution in [3.8, 4) is 5.75 Å². The first-order valence-corrected chi connectivity index (χ1v) is 4.98. The van der Waals surface area contributed by atoms with Crippen molar-refractivity contribution in [2.24, 2.45) is 0 Å². The molecule has 84 valence electrons. The van der Waals surface area contributed by atoms with Gasteiger partial charge in [-0.1, -0.05) is 12.1 Å². The third-order valence-electron chi connectivity index (χ3n) is 2.36. The molecule has 0 atom stereocenters. The van der Waals surface area contributed by atoms with E-state index in [0.717, 1.165) is 5.39 Å². The van der Waals surface area contributed by atoms with Crippen LogP contribution < -0.4 is 4.74 Å². The van der Waals surface area contributed by atoms with E-state index in [2.05, 4.69) is 0 Å². The molecular formula is C12H12O4. The molecule has 0 amide bonds. The highest BCUT2D eigenvalue weighted by Gasteiger charge is 2.09. The van der Waals surface area contributed by atoms with Gasteiger partial charge in [-0.2, -0.15) is 0 Å². The van der Waals surface area contributed by atoms with E-state index < -0.39 is 5.97 Å². The summed E-state index contributed by atoms with van der Waals surface area (Å²) in [6.45, 7) is 0. The van der Waals surface area contributed by atoms with Crippen molar-refractivity contribution in [2.75, 3.05) is 7.11 Å². The highest BCUT2D eigenvalue weighted by Crippen LogP contribution is 2.28. The van der Waals surface area contributed by atoms with Gasteiger partial charge in [0, 0.05) is 11.8 Å². The second-order valence-electron chi connectivity index (χ2n) is 3.49. The third-order valence-corrected chi connectivity index (χ3v) is 2.36. The third kappa shape index (κ3) is 2.00. The largest absolute Gasteiger partial charge is 0.493 e. The smallest absolute Gasteiger partial charge is 0.303 e. The highest BCUT2D eigenvalue weighted by molar-refractivity contribution is 5.83. The van der Waals surface area contributed by atoms with E-state index in [1.54, 1.807) is 7.11 Å². The number of aliphatic carboxylic acids is 1. The van der Waals surface area contributed by atoms with E-state index in [4.69, 9.17) is 14.3 Å². The maximum atomic E-state index is 10.4. The molecule has 0 fully saturated rings. The number of carboxylic acids is 1. The van der Waals surface area contributed by atoms with Crippen LogP contribution in [0.3, 0.4) is 0 Å². The molecule has 0 aliphatic rings. The summed E-state index contributed by atoms with van der Waals surface area (Å²) in [5.41, 5.74) is 0.672. The van der Waals surface area contributed by atoms with Crippen LogP contribution in [0.1, 0.15) is 12.2 Å².